The lowest BCUT2D eigenvalue weighted by Crippen LogP contribution is -2.52. The summed E-state index contributed by atoms with van der Waals surface area (Å²) < 4.78 is 15.8. The Morgan fingerprint density at radius 1 is 1.53 bits per heavy atom. The fourth-order valence-corrected chi connectivity index (χ4v) is 4.18. The van der Waals surface area contributed by atoms with E-state index in [1.165, 1.54) is 11.5 Å². The zero-order valence-electron chi connectivity index (χ0n) is 11.6. The fraction of sp³-hybridized carbons (Fsp3) is 0.667. The van der Waals surface area contributed by atoms with Crippen LogP contribution in [0, 0.1) is 6.92 Å². The molecule has 1 aromatic rings. The van der Waals surface area contributed by atoms with Gasteiger partial charge in [-0.3, -0.25) is 9.00 Å². The van der Waals surface area contributed by atoms with Gasteiger partial charge >= 0.3 is 0 Å². The first-order valence-electron chi connectivity index (χ1n) is 6.18. The second kappa shape index (κ2) is 5.20. The zero-order chi connectivity index (χ0) is 14.2. The van der Waals surface area contributed by atoms with Crippen LogP contribution in [0.5, 0.6) is 0 Å². The van der Waals surface area contributed by atoms with Crippen LogP contribution >= 0.6 is 11.5 Å². The molecule has 1 saturated heterocycles. The van der Waals surface area contributed by atoms with E-state index in [1.807, 2.05) is 20.8 Å². The number of carbonyl (C=O) groups excluding carboxylic acids is 1. The van der Waals surface area contributed by atoms with E-state index < -0.39 is 10.8 Å². The Kier molecular flexibility index (Phi) is 3.96. The number of nitrogens with zero attached hydrogens (tertiary/aromatic N) is 2. The highest BCUT2D eigenvalue weighted by Gasteiger charge is 2.36. The average Bonchev–Trinajstić information content (AvgIpc) is 2.73. The van der Waals surface area contributed by atoms with Crippen LogP contribution in [0.4, 0.5) is 5.00 Å². The molecule has 1 aliphatic rings. The topological polar surface area (TPSA) is 62.3 Å². The standard InChI is InChI=1S/C12H19N3O2S2/c1-8-9(10(13-4)18-14-8)11(16)15-5-6-19(17)12(2,3)7-15/h13H,5-7H2,1-4H3. The van der Waals surface area contributed by atoms with Crippen molar-refractivity contribution < 1.29 is 9.00 Å². The number of anilines is 1. The Labute approximate surface area is 120 Å². The lowest BCUT2D eigenvalue weighted by atomic mass is 10.1. The first-order valence-corrected chi connectivity index (χ1v) is 8.28. The Morgan fingerprint density at radius 3 is 2.79 bits per heavy atom. The van der Waals surface area contributed by atoms with Crippen LogP contribution in [0.3, 0.4) is 0 Å². The number of rotatable bonds is 2. The van der Waals surface area contributed by atoms with Gasteiger partial charge in [0.25, 0.3) is 5.91 Å². The summed E-state index contributed by atoms with van der Waals surface area (Å²) in [6.07, 6.45) is 0. The highest BCUT2D eigenvalue weighted by atomic mass is 32.2. The Hall–Kier alpha value is -0.950. The highest BCUT2D eigenvalue weighted by Crippen LogP contribution is 2.28. The molecule has 1 aromatic heterocycles. The van der Waals surface area contributed by atoms with E-state index in [-0.39, 0.29) is 10.7 Å². The molecular weight excluding hydrogens is 282 g/mol. The van der Waals surface area contributed by atoms with Crippen molar-refractivity contribution in [2.45, 2.75) is 25.5 Å². The molecule has 1 fully saturated rings. The third kappa shape index (κ3) is 2.67. The molecule has 7 heteroatoms. The summed E-state index contributed by atoms with van der Waals surface area (Å²) in [5, 5.41) is 3.81. The van der Waals surface area contributed by atoms with Gasteiger partial charge in [-0.25, -0.2) is 0 Å². The summed E-state index contributed by atoms with van der Waals surface area (Å²) in [4.78, 5) is 14.4. The Bertz CT molecular complexity index is 525. The van der Waals surface area contributed by atoms with Gasteiger partial charge in [0.05, 0.1) is 16.0 Å². The third-order valence-corrected chi connectivity index (χ3v) is 6.20. The van der Waals surface area contributed by atoms with Gasteiger partial charge in [-0.05, 0) is 32.3 Å². The summed E-state index contributed by atoms with van der Waals surface area (Å²) in [5.74, 6) is 0.532. The first kappa shape index (κ1) is 14.5. The predicted molar refractivity (Wildman–Crippen MR) is 79.4 cm³/mol. The summed E-state index contributed by atoms with van der Waals surface area (Å²) in [5.41, 5.74) is 1.40. The molecule has 2 heterocycles. The number of nitrogens with one attached hydrogen (secondary N) is 1. The molecule has 0 saturated carbocycles. The van der Waals surface area contributed by atoms with Gasteiger partial charge in [-0.15, -0.1) is 0 Å². The molecule has 106 valence electrons. The minimum absolute atomic E-state index is 0.0135. The van der Waals surface area contributed by atoms with Crippen molar-refractivity contribution in [2.24, 2.45) is 0 Å². The summed E-state index contributed by atoms with van der Waals surface area (Å²) in [6.45, 7) is 6.81. The van der Waals surface area contributed by atoms with Crippen molar-refractivity contribution in [2.75, 3.05) is 31.2 Å². The zero-order valence-corrected chi connectivity index (χ0v) is 13.3. The van der Waals surface area contributed by atoms with Crippen LogP contribution in [0.2, 0.25) is 0 Å². The Morgan fingerprint density at radius 2 is 2.21 bits per heavy atom. The lowest BCUT2D eigenvalue weighted by Gasteiger charge is -2.37. The van der Waals surface area contributed by atoms with Crippen LogP contribution in [0.15, 0.2) is 0 Å². The summed E-state index contributed by atoms with van der Waals surface area (Å²) in [7, 11) is 0.921. The van der Waals surface area contributed by atoms with E-state index in [1.54, 1.807) is 11.9 Å². The van der Waals surface area contributed by atoms with Gasteiger partial charge in [0.1, 0.15) is 5.00 Å². The number of hydrogen-bond donors (Lipinski definition) is 1. The molecule has 1 aliphatic heterocycles. The predicted octanol–water partition coefficient (Wildman–Crippen LogP) is 1.48. The normalized spacial score (nSPS) is 22.3. The number of aromatic nitrogens is 1. The van der Waals surface area contributed by atoms with Crippen LogP contribution in [-0.4, -0.2) is 50.0 Å². The molecule has 0 radical (unpaired) electrons. The van der Waals surface area contributed by atoms with E-state index >= 15 is 0 Å². The molecule has 1 N–H and O–H groups in total. The van der Waals surface area contributed by atoms with Crippen molar-refractivity contribution in [3.8, 4) is 0 Å². The first-order chi connectivity index (χ1) is 8.86. The minimum atomic E-state index is -0.870. The smallest absolute Gasteiger partial charge is 0.258 e. The van der Waals surface area contributed by atoms with E-state index in [4.69, 9.17) is 0 Å². The molecule has 0 bridgehead atoms. The summed E-state index contributed by atoms with van der Waals surface area (Å²) in [6, 6.07) is 0. The van der Waals surface area contributed by atoms with Gasteiger partial charge in [0, 0.05) is 36.7 Å². The summed E-state index contributed by atoms with van der Waals surface area (Å²) >= 11 is 1.30. The third-order valence-electron chi connectivity index (χ3n) is 3.33. The molecule has 1 amide bonds. The van der Waals surface area contributed by atoms with Crippen molar-refractivity contribution in [1.29, 1.82) is 0 Å². The number of aryl methyl sites for hydroxylation is 1. The van der Waals surface area contributed by atoms with Gasteiger partial charge in [-0.1, -0.05) is 0 Å². The molecule has 0 aromatic carbocycles. The molecule has 1 unspecified atom stereocenters. The molecule has 2 rings (SSSR count). The monoisotopic (exact) mass is 301 g/mol. The SMILES string of the molecule is CNc1snc(C)c1C(=O)N1CCS(=O)C(C)(C)C1. The molecule has 1 atom stereocenters. The van der Waals surface area contributed by atoms with E-state index in [2.05, 4.69) is 9.69 Å². The quantitative estimate of drug-likeness (QED) is 0.898. The van der Waals surface area contributed by atoms with Gasteiger partial charge in [0.15, 0.2) is 0 Å². The maximum absolute atomic E-state index is 12.6. The number of hydrogen-bond acceptors (Lipinski definition) is 5. The fourth-order valence-electron chi connectivity index (χ4n) is 2.20. The van der Waals surface area contributed by atoms with Crippen molar-refractivity contribution >= 4 is 33.2 Å². The molecule has 5 nitrogen and oxygen atoms in total. The number of carbonyl (C=O) groups is 1. The average molecular weight is 301 g/mol. The largest absolute Gasteiger partial charge is 0.378 e. The molecule has 19 heavy (non-hydrogen) atoms. The van der Waals surface area contributed by atoms with Crippen LogP contribution < -0.4 is 5.32 Å². The van der Waals surface area contributed by atoms with Crippen molar-refractivity contribution in [3.05, 3.63) is 11.3 Å². The van der Waals surface area contributed by atoms with Gasteiger partial charge in [0.2, 0.25) is 0 Å². The minimum Gasteiger partial charge on any atom is -0.378 e. The maximum Gasteiger partial charge on any atom is 0.258 e. The van der Waals surface area contributed by atoms with Crippen molar-refractivity contribution in [3.63, 3.8) is 0 Å². The van der Waals surface area contributed by atoms with Crippen LogP contribution in [0.25, 0.3) is 0 Å². The second-order valence-electron chi connectivity index (χ2n) is 5.26. The second-order valence-corrected chi connectivity index (χ2v) is 8.24. The lowest BCUT2D eigenvalue weighted by molar-refractivity contribution is 0.0746. The molecular formula is C12H19N3O2S2. The van der Waals surface area contributed by atoms with E-state index in [0.29, 0.717) is 24.4 Å². The van der Waals surface area contributed by atoms with E-state index in [0.717, 1.165) is 10.7 Å². The van der Waals surface area contributed by atoms with Crippen molar-refractivity contribution in [1.82, 2.24) is 9.27 Å². The van der Waals surface area contributed by atoms with Crippen LogP contribution in [0.1, 0.15) is 29.9 Å². The van der Waals surface area contributed by atoms with Gasteiger partial charge < -0.3 is 10.2 Å². The maximum atomic E-state index is 12.6. The van der Waals surface area contributed by atoms with E-state index in [9.17, 15) is 9.00 Å². The molecule has 0 spiro atoms. The van der Waals surface area contributed by atoms with Gasteiger partial charge in [-0.2, -0.15) is 4.37 Å². The number of amides is 1. The van der Waals surface area contributed by atoms with Crippen LogP contribution in [-0.2, 0) is 10.8 Å². The molecule has 0 aliphatic carbocycles. The Balaban J connectivity index is 2.25. The highest BCUT2D eigenvalue weighted by molar-refractivity contribution is 7.86.